The number of methoxy groups -OCH3 is 1. The number of benzene rings is 1. The first-order chi connectivity index (χ1) is 9.13. The minimum Gasteiger partial charge on any atom is -0.493 e. The number of hydrogen-bond acceptors (Lipinski definition) is 6. The summed E-state index contributed by atoms with van der Waals surface area (Å²) in [6.45, 7) is 2.08. The predicted octanol–water partition coefficient (Wildman–Crippen LogP) is 2.23. The van der Waals surface area contributed by atoms with E-state index >= 15 is 0 Å². The van der Waals surface area contributed by atoms with Crippen LogP contribution in [0, 0.1) is 10.1 Å². The van der Waals surface area contributed by atoms with Crippen molar-refractivity contribution in [3.05, 3.63) is 27.8 Å². The van der Waals surface area contributed by atoms with Crippen LogP contribution in [0.1, 0.15) is 12.5 Å². The molecule has 0 saturated carbocycles. The molecule has 6 nitrogen and oxygen atoms in total. The molecule has 0 bridgehead atoms. The Balaban J connectivity index is 2.94. The molecule has 0 unspecified atom stereocenters. The van der Waals surface area contributed by atoms with E-state index in [9.17, 15) is 10.1 Å². The Hall–Kier alpha value is -1.47. The fraction of sp³-hybridized carbons (Fsp3) is 0.500. The number of aliphatic hydroxyl groups is 1. The van der Waals surface area contributed by atoms with Gasteiger partial charge in [0.1, 0.15) is 0 Å². The molecule has 0 fully saturated rings. The van der Waals surface area contributed by atoms with Crippen molar-refractivity contribution in [1.29, 1.82) is 0 Å². The Morgan fingerprint density at radius 3 is 2.68 bits per heavy atom. The lowest BCUT2D eigenvalue weighted by atomic mass is 10.1. The molecule has 1 aromatic rings. The largest absolute Gasteiger partial charge is 0.493 e. The monoisotopic (exact) mass is 287 g/mol. The van der Waals surface area contributed by atoms with Gasteiger partial charge in [0.25, 0.3) is 5.69 Å². The first-order valence-corrected chi connectivity index (χ1v) is 6.96. The Morgan fingerprint density at radius 2 is 2.16 bits per heavy atom. The lowest BCUT2D eigenvalue weighted by Gasteiger charge is -2.11. The van der Waals surface area contributed by atoms with Crippen molar-refractivity contribution in [1.82, 2.24) is 0 Å². The van der Waals surface area contributed by atoms with Gasteiger partial charge in [-0.15, -0.1) is 0 Å². The van der Waals surface area contributed by atoms with Crippen molar-refractivity contribution in [2.24, 2.45) is 0 Å². The molecule has 1 rings (SSSR count). The number of aliphatic hydroxyl groups excluding tert-OH is 1. The van der Waals surface area contributed by atoms with Crippen molar-refractivity contribution >= 4 is 17.4 Å². The highest BCUT2D eigenvalue weighted by molar-refractivity contribution is 7.99. The van der Waals surface area contributed by atoms with Gasteiger partial charge in [0.05, 0.1) is 36.9 Å². The Labute approximate surface area is 115 Å². The summed E-state index contributed by atoms with van der Waals surface area (Å²) in [5.41, 5.74) is 0.0403. The molecule has 0 radical (unpaired) electrons. The van der Waals surface area contributed by atoms with Crippen molar-refractivity contribution in [3.63, 3.8) is 0 Å². The number of nitrogens with zero attached hydrogens (tertiary/aromatic N) is 1. The van der Waals surface area contributed by atoms with Crippen molar-refractivity contribution in [2.75, 3.05) is 25.2 Å². The average molecular weight is 287 g/mol. The highest BCUT2D eigenvalue weighted by Crippen LogP contribution is 2.34. The second-order valence-electron chi connectivity index (χ2n) is 3.59. The topological polar surface area (TPSA) is 81.8 Å². The zero-order valence-corrected chi connectivity index (χ0v) is 11.7. The van der Waals surface area contributed by atoms with Crippen LogP contribution in [0.3, 0.4) is 0 Å². The number of nitro benzene ring substituents is 1. The van der Waals surface area contributed by atoms with Crippen LogP contribution in [-0.2, 0) is 6.61 Å². The zero-order valence-electron chi connectivity index (χ0n) is 10.9. The van der Waals surface area contributed by atoms with Gasteiger partial charge < -0.3 is 14.6 Å². The molecule has 0 spiro atoms. The molecule has 0 aromatic heterocycles. The molecular weight excluding hydrogens is 270 g/mol. The summed E-state index contributed by atoms with van der Waals surface area (Å²) in [4.78, 5) is 10.4. The lowest BCUT2D eigenvalue weighted by Crippen LogP contribution is -2.04. The smallest absolute Gasteiger partial charge is 0.278 e. The van der Waals surface area contributed by atoms with Gasteiger partial charge in [-0.2, -0.15) is 11.8 Å². The Bertz CT molecular complexity index is 438. The van der Waals surface area contributed by atoms with Gasteiger partial charge in [-0.25, -0.2) is 0 Å². The minimum atomic E-state index is -0.543. The maximum Gasteiger partial charge on any atom is 0.278 e. The summed E-state index contributed by atoms with van der Waals surface area (Å²) >= 11 is 1.72. The van der Waals surface area contributed by atoms with Crippen LogP contribution in [0.15, 0.2) is 12.1 Å². The summed E-state index contributed by atoms with van der Waals surface area (Å²) in [6.07, 6.45) is 0. The second kappa shape index (κ2) is 7.85. The van der Waals surface area contributed by atoms with Gasteiger partial charge in [0.15, 0.2) is 11.5 Å². The molecule has 1 N–H and O–H groups in total. The summed E-state index contributed by atoms with van der Waals surface area (Å²) in [5, 5.41) is 20.0. The quantitative estimate of drug-likeness (QED) is 0.448. The molecule has 0 aliphatic heterocycles. The fourth-order valence-electron chi connectivity index (χ4n) is 1.52. The van der Waals surface area contributed by atoms with Crippen LogP contribution >= 0.6 is 11.8 Å². The average Bonchev–Trinajstić information content (AvgIpc) is 2.42. The third kappa shape index (κ3) is 4.29. The summed E-state index contributed by atoms with van der Waals surface area (Å²) in [6, 6.07) is 2.72. The highest BCUT2D eigenvalue weighted by Gasteiger charge is 2.19. The fourth-order valence-corrected chi connectivity index (χ4v) is 2.00. The van der Waals surface area contributed by atoms with Crippen LogP contribution in [0.4, 0.5) is 5.69 Å². The van der Waals surface area contributed by atoms with E-state index in [1.165, 1.54) is 19.2 Å². The van der Waals surface area contributed by atoms with E-state index in [2.05, 4.69) is 0 Å². The van der Waals surface area contributed by atoms with Gasteiger partial charge in [-0.05, 0) is 11.8 Å². The van der Waals surface area contributed by atoms with Crippen molar-refractivity contribution < 1.29 is 19.5 Å². The lowest BCUT2D eigenvalue weighted by molar-refractivity contribution is -0.385. The van der Waals surface area contributed by atoms with E-state index in [0.29, 0.717) is 18.1 Å². The maximum atomic E-state index is 10.9. The van der Waals surface area contributed by atoms with Crippen LogP contribution in [0.25, 0.3) is 0 Å². The molecule has 0 atom stereocenters. The van der Waals surface area contributed by atoms with Gasteiger partial charge >= 0.3 is 0 Å². The van der Waals surface area contributed by atoms with Crippen LogP contribution in [-0.4, -0.2) is 35.3 Å². The Kier molecular flexibility index (Phi) is 6.44. The summed E-state index contributed by atoms with van der Waals surface area (Å²) in [5.74, 6) is 2.50. The molecule has 0 aliphatic rings. The van der Waals surface area contributed by atoms with E-state index in [1.54, 1.807) is 11.8 Å². The van der Waals surface area contributed by atoms with E-state index in [1.807, 2.05) is 6.92 Å². The molecule has 0 amide bonds. The van der Waals surface area contributed by atoms with Crippen molar-refractivity contribution in [2.45, 2.75) is 13.5 Å². The number of ether oxygens (including phenoxy) is 2. The normalized spacial score (nSPS) is 10.3. The molecule has 0 saturated heterocycles. The van der Waals surface area contributed by atoms with Crippen LogP contribution in [0.5, 0.6) is 11.5 Å². The predicted molar refractivity (Wildman–Crippen MR) is 74.1 cm³/mol. The molecule has 7 heteroatoms. The number of rotatable bonds is 8. The van der Waals surface area contributed by atoms with E-state index in [4.69, 9.17) is 14.6 Å². The highest BCUT2D eigenvalue weighted by atomic mass is 32.2. The molecule has 106 valence electrons. The van der Waals surface area contributed by atoms with E-state index in [-0.39, 0.29) is 11.3 Å². The minimum absolute atomic E-state index is 0.165. The van der Waals surface area contributed by atoms with Crippen molar-refractivity contribution in [3.8, 4) is 11.5 Å². The van der Waals surface area contributed by atoms with Gasteiger partial charge in [-0.3, -0.25) is 10.1 Å². The number of hydrogen-bond donors (Lipinski definition) is 1. The first-order valence-electron chi connectivity index (χ1n) is 5.80. The van der Waals surface area contributed by atoms with Gasteiger partial charge in [0.2, 0.25) is 0 Å². The standard InChI is InChI=1S/C12H17NO5S/c1-3-19-5-4-18-12-7-10(13(15)16)9(8-14)6-11(12)17-2/h6-7,14H,3-5,8H2,1-2H3. The van der Waals surface area contributed by atoms with E-state index in [0.717, 1.165) is 11.5 Å². The third-order valence-electron chi connectivity index (χ3n) is 2.42. The first kappa shape index (κ1) is 15.6. The molecule has 0 heterocycles. The molecule has 1 aromatic carbocycles. The summed E-state index contributed by atoms with van der Waals surface area (Å²) < 4.78 is 10.6. The van der Waals surface area contributed by atoms with Crippen LogP contribution in [0.2, 0.25) is 0 Å². The van der Waals surface area contributed by atoms with Gasteiger partial charge in [0, 0.05) is 5.75 Å². The van der Waals surface area contributed by atoms with Crippen LogP contribution < -0.4 is 9.47 Å². The zero-order chi connectivity index (χ0) is 14.3. The number of thioether (sulfide) groups is 1. The molecular formula is C12H17NO5S. The van der Waals surface area contributed by atoms with E-state index < -0.39 is 11.5 Å². The Morgan fingerprint density at radius 1 is 1.42 bits per heavy atom. The molecule has 19 heavy (non-hydrogen) atoms. The summed E-state index contributed by atoms with van der Waals surface area (Å²) in [7, 11) is 1.45. The molecule has 0 aliphatic carbocycles. The SMILES string of the molecule is CCSCCOc1cc([N+](=O)[O-])c(CO)cc1OC. The second-order valence-corrected chi connectivity index (χ2v) is 4.99. The van der Waals surface area contributed by atoms with Gasteiger partial charge in [-0.1, -0.05) is 6.92 Å². The maximum absolute atomic E-state index is 10.9. The third-order valence-corrected chi connectivity index (χ3v) is 3.28. The number of nitro groups is 1.